The molecule has 2 aromatic carbocycles. The second-order valence-electron chi connectivity index (χ2n) is 4.22. The quantitative estimate of drug-likeness (QED) is 0.757. The van der Waals surface area contributed by atoms with E-state index in [4.69, 9.17) is 0 Å². The zero-order valence-electron chi connectivity index (χ0n) is 10.2. The van der Waals surface area contributed by atoms with E-state index in [2.05, 4.69) is 9.97 Å². The molecule has 92 valence electrons. The maximum atomic E-state index is 11.5. The fourth-order valence-electron chi connectivity index (χ4n) is 1.99. The van der Waals surface area contributed by atoms with Crippen LogP contribution in [0.2, 0.25) is 0 Å². The second-order valence-corrected chi connectivity index (χ2v) is 4.22. The number of nitrogens with zero attached hydrogens (tertiary/aromatic N) is 1. The molecule has 0 unspecified atom stereocenters. The van der Waals surface area contributed by atoms with Crippen LogP contribution in [0.4, 0.5) is 0 Å². The molecule has 1 heterocycles. The molecule has 0 saturated heterocycles. The lowest BCUT2D eigenvalue weighted by molar-refractivity contribution is 1.11. The number of nitrogens with one attached hydrogen (secondary N) is 1. The van der Waals surface area contributed by atoms with E-state index >= 15 is 0 Å². The second kappa shape index (κ2) is 4.90. The van der Waals surface area contributed by atoms with Crippen molar-refractivity contribution in [2.24, 2.45) is 0 Å². The Labute approximate surface area is 110 Å². The predicted octanol–water partition coefficient (Wildman–Crippen LogP) is 3.09. The zero-order valence-corrected chi connectivity index (χ0v) is 10.2. The zero-order chi connectivity index (χ0) is 13.1. The molecule has 0 aliphatic heterocycles. The lowest BCUT2D eigenvalue weighted by atomic mass is 10.1. The van der Waals surface area contributed by atoms with Crippen molar-refractivity contribution >= 4 is 23.1 Å². The van der Waals surface area contributed by atoms with E-state index in [0.29, 0.717) is 5.69 Å². The first-order valence-electron chi connectivity index (χ1n) is 6.05. The standard InChI is InChI=1S/C16H12N2O/c19-16-17-14-9-5-4-8-13(14)15(18-16)11-10-12-6-2-1-3-7-12/h1-11H,(H,17,18,19). The van der Waals surface area contributed by atoms with Crippen molar-refractivity contribution in [3.05, 3.63) is 76.3 Å². The number of H-pyrrole nitrogens is 1. The molecule has 3 aromatic rings. The predicted molar refractivity (Wildman–Crippen MR) is 77.7 cm³/mol. The number of benzene rings is 2. The Morgan fingerprint density at radius 3 is 2.47 bits per heavy atom. The van der Waals surface area contributed by atoms with Crippen molar-refractivity contribution < 1.29 is 0 Å². The number of hydrogen-bond donors (Lipinski definition) is 1. The summed E-state index contributed by atoms with van der Waals surface area (Å²) in [6.45, 7) is 0. The number of rotatable bonds is 2. The number of hydrogen-bond acceptors (Lipinski definition) is 2. The molecule has 0 fully saturated rings. The van der Waals surface area contributed by atoms with Crippen molar-refractivity contribution in [2.75, 3.05) is 0 Å². The molecule has 0 aliphatic rings. The third-order valence-corrected chi connectivity index (χ3v) is 2.90. The van der Waals surface area contributed by atoms with Gasteiger partial charge in [0.05, 0.1) is 11.2 Å². The highest BCUT2D eigenvalue weighted by Crippen LogP contribution is 2.15. The van der Waals surface area contributed by atoms with E-state index in [0.717, 1.165) is 16.5 Å². The summed E-state index contributed by atoms with van der Waals surface area (Å²) in [4.78, 5) is 18.3. The van der Waals surface area contributed by atoms with Gasteiger partial charge < -0.3 is 4.98 Å². The number of aromatic nitrogens is 2. The molecule has 0 bridgehead atoms. The Morgan fingerprint density at radius 2 is 1.63 bits per heavy atom. The lowest BCUT2D eigenvalue weighted by Crippen LogP contribution is -2.11. The monoisotopic (exact) mass is 248 g/mol. The molecule has 3 nitrogen and oxygen atoms in total. The largest absolute Gasteiger partial charge is 0.345 e. The Balaban J connectivity index is 2.10. The minimum atomic E-state index is -0.327. The van der Waals surface area contributed by atoms with Crippen LogP contribution in [0.15, 0.2) is 59.4 Å². The minimum absolute atomic E-state index is 0.327. The van der Waals surface area contributed by atoms with Gasteiger partial charge in [-0.25, -0.2) is 4.79 Å². The van der Waals surface area contributed by atoms with Gasteiger partial charge in [0.15, 0.2) is 0 Å². The van der Waals surface area contributed by atoms with Crippen LogP contribution in [-0.4, -0.2) is 9.97 Å². The van der Waals surface area contributed by atoms with Gasteiger partial charge in [-0.1, -0.05) is 54.6 Å². The van der Waals surface area contributed by atoms with Crippen LogP contribution in [0, 0.1) is 0 Å². The third-order valence-electron chi connectivity index (χ3n) is 2.90. The van der Waals surface area contributed by atoms with Crippen molar-refractivity contribution in [2.45, 2.75) is 0 Å². The summed E-state index contributed by atoms with van der Waals surface area (Å²) in [7, 11) is 0. The van der Waals surface area contributed by atoms with E-state index in [-0.39, 0.29) is 5.69 Å². The number of aromatic amines is 1. The van der Waals surface area contributed by atoms with E-state index in [1.807, 2.05) is 66.7 Å². The van der Waals surface area contributed by atoms with Gasteiger partial charge >= 0.3 is 5.69 Å². The summed E-state index contributed by atoms with van der Waals surface area (Å²) in [6, 6.07) is 17.6. The first kappa shape index (κ1) is 11.4. The van der Waals surface area contributed by atoms with E-state index in [9.17, 15) is 4.79 Å². The summed E-state index contributed by atoms with van der Waals surface area (Å²) < 4.78 is 0. The summed E-state index contributed by atoms with van der Waals surface area (Å²) in [6.07, 6.45) is 3.82. The highest BCUT2D eigenvalue weighted by Gasteiger charge is 2.00. The molecule has 19 heavy (non-hydrogen) atoms. The topological polar surface area (TPSA) is 45.8 Å². The fourth-order valence-corrected chi connectivity index (χ4v) is 1.99. The van der Waals surface area contributed by atoms with Crippen molar-refractivity contribution in [3.8, 4) is 0 Å². The molecule has 3 rings (SSSR count). The van der Waals surface area contributed by atoms with Gasteiger partial charge in [0.1, 0.15) is 0 Å². The summed E-state index contributed by atoms with van der Waals surface area (Å²) >= 11 is 0. The van der Waals surface area contributed by atoms with Gasteiger partial charge in [-0.2, -0.15) is 4.98 Å². The fraction of sp³-hybridized carbons (Fsp3) is 0. The van der Waals surface area contributed by atoms with E-state index < -0.39 is 0 Å². The smallest absolute Gasteiger partial charge is 0.305 e. The average Bonchev–Trinajstić information content (AvgIpc) is 2.45. The van der Waals surface area contributed by atoms with Crippen LogP contribution >= 0.6 is 0 Å². The lowest BCUT2D eigenvalue weighted by Gasteiger charge is -2.00. The average molecular weight is 248 g/mol. The maximum Gasteiger partial charge on any atom is 0.345 e. The molecule has 0 amide bonds. The Kier molecular flexibility index (Phi) is 2.94. The molecule has 0 atom stereocenters. The SMILES string of the molecule is O=c1nc(C=Cc2ccccc2)c2ccccc2[nH]1. The molecular weight excluding hydrogens is 236 g/mol. The molecular formula is C16H12N2O. The normalized spacial score (nSPS) is 11.2. The van der Waals surface area contributed by atoms with Gasteiger partial charge in [-0.15, -0.1) is 0 Å². The van der Waals surface area contributed by atoms with Crippen LogP contribution in [0.3, 0.4) is 0 Å². The molecule has 0 spiro atoms. The summed E-state index contributed by atoms with van der Waals surface area (Å²) in [5.74, 6) is 0. The Bertz CT molecular complexity index is 788. The van der Waals surface area contributed by atoms with Crippen LogP contribution in [-0.2, 0) is 0 Å². The van der Waals surface area contributed by atoms with Crippen LogP contribution in [0.25, 0.3) is 23.1 Å². The molecule has 1 N–H and O–H groups in total. The van der Waals surface area contributed by atoms with Crippen LogP contribution < -0.4 is 5.69 Å². The molecule has 0 radical (unpaired) electrons. The Morgan fingerprint density at radius 1 is 0.895 bits per heavy atom. The maximum absolute atomic E-state index is 11.5. The first-order chi connectivity index (χ1) is 9.33. The molecule has 3 heteroatoms. The van der Waals surface area contributed by atoms with Crippen LogP contribution in [0.1, 0.15) is 11.3 Å². The molecule has 0 aliphatic carbocycles. The Hall–Kier alpha value is -2.68. The van der Waals surface area contributed by atoms with Crippen molar-refractivity contribution in [3.63, 3.8) is 0 Å². The molecule has 0 saturated carbocycles. The third kappa shape index (κ3) is 2.45. The summed E-state index contributed by atoms with van der Waals surface area (Å²) in [5, 5.41) is 0.939. The van der Waals surface area contributed by atoms with Gasteiger partial charge in [0.2, 0.25) is 0 Å². The van der Waals surface area contributed by atoms with Crippen molar-refractivity contribution in [1.29, 1.82) is 0 Å². The number of para-hydroxylation sites is 1. The molecule has 1 aromatic heterocycles. The number of fused-ring (bicyclic) bond motifs is 1. The van der Waals surface area contributed by atoms with E-state index in [1.165, 1.54) is 0 Å². The van der Waals surface area contributed by atoms with Gasteiger partial charge in [0, 0.05) is 5.39 Å². The highest BCUT2D eigenvalue weighted by molar-refractivity contribution is 5.88. The van der Waals surface area contributed by atoms with E-state index in [1.54, 1.807) is 0 Å². The van der Waals surface area contributed by atoms with Crippen molar-refractivity contribution in [1.82, 2.24) is 9.97 Å². The van der Waals surface area contributed by atoms with Gasteiger partial charge in [0.25, 0.3) is 0 Å². The minimum Gasteiger partial charge on any atom is -0.305 e. The first-order valence-corrected chi connectivity index (χ1v) is 6.05. The van der Waals surface area contributed by atoms with Crippen LogP contribution in [0.5, 0.6) is 0 Å². The summed E-state index contributed by atoms with van der Waals surface area (Å²) in [5.41, 5.74) is 2.23. The highest BCUT2D eigenvalue weighted by atomic mass is 16.1. The van der Waals surface area contributed by atoms with Gasteiger partial charge in [-0.3, -0.25) is 0 Å². The van der Waals surface area contributed by atoms with Gasteiger partial charge in [-0.05, 0) is 17.7 Å².